The summed E-state index contributed by atoms with van der Waals surface area (Å²) in [6.07, 6.45) is 9.54. The van der Waals surface area contributed by atoms with E-state index in [9.17, 15) is 0 Å². The monoisotopic (exact) mass is 280 g/mol. The lowest BCUT2D eigenvalue weighted by atomic mass is 9.79. The first kappa shape index (κ1) is 14.8. The first-order valence-corrected chi connectivity index (χ1v) is 8.88. The zero-order valence-electron chi connectivity index (χ0n) is 13.3. The molecule has 0 aromatic rings. The Hall–Kier alpha value is -0.120. The van der Waals surface area contributed by atoms with Gasteiger partial charge in [0, 0.05) is 30.8 Å². The average molecular weight is 280 g/mol. The predicted octanol–water partition coefficient (Wildman–Crippen LogP) is 2.80. The highest BCUT2D eigenvalue weighted by Gasteiger charge is 2.42. The van der Waals surface area contributed by atoms with Crippen molar-refractivity contribution in [3.8, 4) is 0 Å². The summed E-state index contributed by atoms with van der Waals surface area (Å²) in [6.45, 7) is 7.90. The minimum Gasteiger partial charge on any atom is -0.381 e. The highest BCUT2D eigenvalue weighted by molar-refractivity contribution is 4.98. The van der Waals surface area contributed by atoms with Gasteiger partial charge in [0.25, 0.3) is 0 Å². The van der Waals surface area contributed by atoms with Crippen molar-refractivity contribution in [2.24, 2.45) is 5.92 Å². The summed E-state index contributed by atoms with van der Waals surface area (Å²) in [4.78, 5) is 2.90. The summed E-state index contributed by atoms with van der Waals surface area (Å²) >= 11 is 0. The van der Waals surface area contributed by atoms with Crippen molar-refractivity contribution >= 4 is 0 Å². The Labute approximate surface area is 124 Å². The van der Waals surface area contributed by atoms with Gasteiger partial charge in [-0.2, -0.15) is 0 Å². The second-order valence-electron chi connectivity index (χ2n) is 7.17. The van der Waals surface area contributed by atoms with Crippen molar-refractivity contribution in [2.45, 2.75) is 83.0 Å². The lowest BCUT2D eigenvalue weighted by Crippen LogP contribution is -2.60. The molecule has 3 saturated heterocycles. The van der Waals surface area contributed by atoms with Gasteiger partial charge in [-0.05, 0) is 57.9 Å². The van der Waals surface area contributed by atoms with Crippen molar-refractivity contribution in [1.82, 2.24) is 10.2 Å². The van der Waals surface area contributed by atoms with E-state index < -0.39 is 0 Å². The van der Waals surface area contributed by atoms with Crippen molar-refractivity contribution in [3.63, 3.8) is 0 Å². The van der Waals surface area contributed by atoms with E-state index in [4.69, 9.17) is 4.74 Å². The van der Waals surface area contributed by atoms with Gasteiger partial charge in [0.15, 0.2) is 0 Å². The zero-order chi connectivity index (χ0) is 13.9. The van der Waals surface area contributed by atoms with E-state index in [1.807, 2.05) is 0 Å². The Kier molecular flexibility index (Phi) is 5.00. The largest absolute Gasteiger partial charge is 0.381 e. The van der Waals surface area contributed by atoms with Gasteiger partial charge in [-0.1, -0.05) is 13.3 Å². The van der Waals surface area contributed by atoms with Crippen LogP contribution in [0.1, 0.15) is 58.8 Å². The normalized spacial score (nSPS) is 39.9. The van der Waals surface area contributed by atoms with E-state index in [0.717, 1.165) is 43.3 Å². The maximum Gasteiger partial charge on any atom is 0.0509 e. The van der Waals surface area contributed by atoms with Crippen molar-refractivity contribution in [1.29, 1.82) is 0 Å². The molecule has 1 N–H and O–H groups in total. The molecule has 3 aliphatic heterocycles. The molecule has 3 nitrogen and oxygen atoms in total. The number of hydrogen-bond donors (Lipinski definition) is 1. The van der Waals surface area contributed by atoms with Crippen molar-refractivity contribution in [2.75, 3.05) is 19.8 Å². The van der Waals surface area contributed by atoms with Crippen LogP contribution >= 0.6 is 0 Å². The van der Waals surface area contributed by atoms with E-state index in [1.165, 1.54) is 51.5 Å². The van der Waals surface area contributed by atoms with Crippen LogP contribution in [0.3, 0.4) is 0 Å². The third-order valence-electron chi connectivity index (χ3n) is 5.83. The number of piperidine rings is 2. The van der Waals surface area contributed by atoms with Gasteiger partial charge >= 0.3 is 0 Å². The number of nitrogens with one attached hydrogen (secondary N) is 1. The summed E-state index contributed by atoms with van der Waals surface area (Å²) in [5.74, 6) is 0.776. The fourth-order valence-corrected chi connectivity index (χ4v) is 4.77. The topological polar surface area (TPSA) is 24.5 Å². The maximum atomic E-state index is 5.63. The molecule has 20 heavy (non-hydrogen) atoms. The summed E-state index contributed by atoms with van der Waals surface area (Å²) in [5.41, 5.74) is 0. The number of rotatable bonds is 5. The number of nitrogens with zero attached hydrogens (tertiary/aromatic N) is 1. The van der Waals surface area contributed by atoms with Crippen LogP contribution in [0, 0.1) is 5.92 Å². The Morgan fingerprint density at radius 3 is 2.55 bits per heavy atom. The van der Waals surface area contributed by atoms with Crippen LogP contribution in [0.4, 0.5) is 0 Å². The maximum absolute atomic E-state index is 5.63. The van der Waals surface area contributed by atoms with E-state index in [1.54, 1.807) is 0 Å². The van der Waals surface area contributed by atoms with Gasteiger partial charge in [-0.15, -0.1) is 0 Å². The molecule has 0 aromatic carbocycles. The van der Waals surface area contributed by atoms with Gasteiger partial charge in [-0.3, -0.25) is 4.90 Å². The second-order valence-corrected chi connectivity index (χ2v) is 7.17. The van der Waals surface area contributed by atoms with E-state index in [0.29, 0.717) is 0 Å². The average Bonchev–Trinajstić information content (AvgIpc) is 2.97. The van der Waals surface area contributed by atoms with Gasteiger partial charge in [0.2, 0.25) is 0 Å². The first-order chi connectivity index (χ1) is 9.79. The third-order valence-corrected chi connectivity index (χ3v) is 5.83. The number of hydrogen-bond acceptors (Lipinski definition) is 3. The van der Waals surface area contributed by atoms with E-state index in [2.05, 4.69) is 24.1 Å². The molecule has 3 heterocycles. The van der Waals surface area contributed by atoms with Crippen LogP contribution in [0.15, 0.2) is 0 Å². The summed E-state index contributed by atoms with van der Waals surface area (Å²) < 4.78 is 5.63. The quantitative estimate of drug-likeness (QED) is 0.838. The van der Waals surface area contributed by atoms with Crippen molar-refractivity contribution < 1.29 is 4.74 Å². The third kappa shape index (κ3) is 3.05. The Bertz CT molecular complexity index is 289. The molecule has 0 saturated carbocycles. The molecule has 116 valence electrons. The summed E-state index contributed by atoms with van der Waals surface area (Å²) in [5, 5.41) is 3.78. The Morgan fingerprint density at radius 1 is 1.20 bits per heavy atom. The van der Waals surface area contributed by atoms with E-state index in [-0.39, 0.29) is 0 Å². The van der Waals surface area contributed by atoms with Crippen LogP contribution < -0.4 is 5.32 Å². The molecule has 0 spiro atoms. The minimum atomic E-state index is 0.722. The molecular formula is C17H32N2O. The lowest BCUT2D eigenvalue weighted by molar-refractivity contribution is -0.0248. The molecule has 3 aliphatic rings. The van der Waals surface area contributed by atoms with Crippen LogP contribution in [-0.2, 0) is 4.74 Å². The fraction of sp³-hybridized carbons (Fsp3) is 1.00. The molecule has 2 bridgehead atoms. The van der Waals surface area contributed by atoms with Crippen LogP contribution in [0.5, 0.6) is 0 Å². The predicted molar refractivity (Wildman–Crippen MR) is 83.0 cm³/mol. The number of fused-ring (bicyclic) bond motifs is 2. The highest BCUT2D eigenvalue weighted by Crippen LogP contribution is 2.38. The Morgan fingerprint density at radius 2 is 1.95 bits per heavy atom. The lowest BCUT2D eigenvalue weighted by Gasteiger charge is -2.53. The SMILES string of the molecule is CCCNC1CC2CCCC(C1)N2C(C)C1CCOC1. The molecule has 0 aliphatic carbocycles. The Balaban J connectivity index is 1.63. The molecule has 3 rings (SSSR count). The van der Waals surface area contributed by atoms with Gasteiger partial charge in [0.1, 0.15) is 0 Å². The molecule has 4 unspecified atom stereocenters. The van der Waals surface area contributed by atoms with E-state index >= 15 is 0 Å². The number of ether oxygens (including phenoxy) is 1. The molecular weight excluding hydrogens is 248 g/mol. The van der Waals surface area contributed by atoms with Crippen LogP contribution in [0.2, 0.25) is 0 Å². The molecule has 3 heteroatoms. The minimum absolute atomic E-state index is 0.722. The van der Waals surface area contributed by atoms with Gasteiger partial charge < -0.3 is 10.1 Å². The highest BCUT2D eigenvalue weighted by atomic mass is 16.5. The smallest absolute Gasteiger partial charge is 0.0509 e. The van der Waals surface area contributed by atoms with Crippen LogP contribution in [0.25, 0.3) is 0 Å². The molecule has 0 radical (unpaired) electrons. The molecule has 0 amide bonds. The molecule has 0 aromatic heterocycles. The van der Waals surface area contributed by atoms with Crippen LogP contribution in [-0.4, -0.2) is 48.8 Å². The van der Waals surface area contributed by atoms with Gasteiger partial charge in [0.05, 0.1) is 6.61 Å². The summed E-state index contributed by atoms with van der Waals surface area (Å²) in [6, 6.07) is 3.15. The fourth-order valence-electron chi connectivity index (χ4n) is 4.77. The van der Waals surface area contributed by atoms with Gasteiger partial charge in [-0.25, -0.2) is 0 Å². The standard InChI is InChI=1S/C17H32N2O/c1-3-8-18-15-10-16-5-4-6-17(11-15)19(16)13(2)14-7-9-20-12-14/h13-18H,3-12H2,1-2H3. The first-order valence-electron chi connectivity index (χ1n) is 8.88. The second kappa shape index (κ2) is 6.76. The summed E-state index contributed by atoms with van der Waals surface area (Å²) in [7, 11) is 0. The molecule has 3 fully saturated rings. The van der Waals surface area contributed by atoms with Crippen molar-refractivity contribution in [3.05, 3.63) is 0 Å². The molecule has 4 atom stereocenters. The zero-order valence-corrected chi connectivity index (χ0v) is 13.3.